The summed E-state index contributed by atoms with van der Waals surface area (Å²) in [6.07, 6.45) is 3.68. The molecule has 0 bridgehead atoms. The Morgan fingerprint density at radius 3 is 2.29 bits per heavy atom. The topological polar surface area (TPSA) is 37.4 Å². The van der Waals surface area contributed by atoms with Crippen molar-refractivity contribution in [3.8, 4) is 0 Å². The average Bonchev–Trinajstić information content (AvgIpc) is 2.29. The molecule has 0 amide bonds. The molecule has 1 rings (SSSR count). The van der Waals surface area contributed by atoms with Crippen molar-refractivity contribution in [1.29, 1.82) is 0 Å². The standard InChI is InChI=1S/C11H16BNO2S2/c1-16-8-7-13(9-12)10-3-5-11(6-4-10)17(2,14)15/h3-6H,7-9H2,1-2H3. The molecule has 1 aromatic rings. The SMILES string of the molecule is [B]CN(CCSC)c1ccc(S(C)(=O)=O)cc1. The molecule has 0 heterocycles. The van der Waals surface area contributed by atoms with Crippen LogP contribution >= 0.6 is 11.8 Å². The first-order valence-electron chi connectivity index (χ1n) is 5.23. The Labute approximate surface area is 109 Å². The lowest BCUT2D eigenvalue weighted by Crippen LogP contribution is -2.27. The van der Waals surface area contributed by atoms with Crippen LogP contribution in [0.1, 0.15) is 0 Å². The Morgan fingerprint density at radius 2 is 1.88 bits per heavy atom. The molecule has 0 saturated heterocycles. The van der Waals surface area contributed by atoms with E-state index in [9.17, 15) is 8.42 Å². The zero-order valence-corrected chi connectivity index (χ0v) is 11.7. The molecule has 2 radical (unpaired) electrons. The van der Waals surface area contributed by atoms with Crippen molar-refractivity contribution >= 4 is 35.1 Å². The monoisotopic (exact) mass is 269 g/mol. The summed E-state index contributed by atoms with van der Waals surface area (Å²) in [6, 6.07) is 6.83. The molecule has 6 heteroatoms. The number of nitrogens with zero attached hydrogens (tertiary/aromatic N) is 1. The van der Waals surface area contributed by atoms with Gasteiger partial charge < -0.3 is 4.90 Å². The Morgan fingerprint density at radius 1 is 1.29 bits per heavy atom. The number of rotatable bonds is 6. The molecular formula is C11H16BNO2S2. The summed E-state index contributed by atoms with van der Waals surface area (Å²) in [5.41, 5.74) is 0.953. The molecule has 0 aliphatic carbocycles. The molecule has 0 unspecified atom stereocenters. The van der Waals surface area contributed by atoms with Crippen LogP contribution in [0.3, 0.4) is 0 Å². The minimum absolute atomic E-state index is 0.336. The van der Waals surface area contributed by atoms with Gasteiger partial charge >= 0.3 is 0 Å². The van der Waals surface area contributed by atoms with Crippen molar-refractivity contribution in [2.45, 2.75) is 4.90 Å². The molecule has 0 N–H and O–H groups in total. The molecule has 17 heavy (non-hydrogen) atoms. The van der Waals surface area contributed by atoms with Crippen LogP contribution in [-0.2, 0) is 9.84 Å². The second-order valence-electron chi connectivity index (χ2n) is 3.70. The average molecular weight is 269 g/mol. The smallest absolute Gasteiger partial charge is 0.175 e. The van der Waals surface area contributed by atoms with Crippen molar-refractivity contribution in [2.24, 2.45) is 0 Å². The maximum Gasteiger partial charge on any atom is 0.175 e. The molecule has 0 aliphatic heterocycles. The van der Waals surface area contributed by atoms with Gasteiger partial charge in [-0.15, -0.1) is 0 Å². The normalized spacial score (nSPS) is 11.4. The van der Waals surface area contributed by atoms with Crippen LogP contribution in [-0.4, -0.2) is 47.5 Å². The van der Waals surface area contributed by atoms with Crippen LogP contribution in [0.15, 0.2) is 29.2 Å². The lowest BCUT2D eigenvalue weighted by Gasteiger charge is -2.23. The highest BCUT2D eigenvalue weighted by Gasteiger charge is 2.08. The van der Waals surface area contributed by atoms with E-state index in [1.807, 2.05) is 11.2 Å². The summed E-state index contributed by atoms with van der Waals surface area (Å²) in [4.78, 5) is 2.35. The van der Waals surface area contributed by atoms with Gasteiger partial charge in [0.25, 0.3) is 0 Å². The molecule has 3 nitrogen and oxygen atoms in total. The van der Waals surface area contributed by atoms with Crippen molar-refractivity contribution in [3.05, 3.63) is 24.3 Å². The second-order valence-corrected chi connectivity index (χ2v) is 6.71. The van der Waals surface area contributed by atoms with Gasteiger partial charge in [0, 0.05) is 24.2 Å². The van der Waals surface area contributed by atoms with E-state index in [2.05, 4.69) is 0 Å². The van der Waals surface area contributed by atoms with Crippen molar-refractivity contribution in [3.63, 3.8) is 0 Å². The summed E-state index contributed by atoms with van der Waals surface area (Å²) < 4.78 is 22.6. The number of sulfone groups is 1. The Kier molecular flexibility index (Phi) is 5.40. The number of thioether (sulfide) groups is 1. The van der Waals surface area contributed by atoms with Crippen LogP contribution in [0, 0.1) is 0 Å². The van der Waals surface area contributed by atoms with Gasteiger partial charge in [-0.05, 0) is 37.0 Å². The molecule has 0 aliphatic rings. The summed E-state index contributed by atoms with van der Waals surface area (Å²) in [5, 5.41) is 0. The van der Waals surface area contributed by atoms with E-state index in [1.165, 1.54) is 6.26 Å². The van der Waals surface area contributed by atoms with Gasteiger partial charge in [-0.2, -0.15) is 11.8 Å². The van der Waals surface area contributed by atoms with E-state index in [0.717, 1.165) is 18.0 Å². The first-order valence-corrected chi connectivity index (χ1v) is 8.51. The van der Waals surface area contributed by atoms with Crippen molar-refractivity contribution in [1.82, 2.24) is 0 Å². The fourth-order valence-electron chi connectivity index (χ4n) is 1.43. The number of hydrogen-bond donors (Lipinski definition) is 0. The van der Waals surface area contributed by atoms with Gasteiger partial charge in [-0.3, -0.25) is 0 Å². The molecular weight excluding hydrogens is 253 g/mol. The highest BCUT2D eigenvalue weighted by atomic mass is 32.2. The first-order chi connectivity index (χ1) is 7.99. The number of hydrogen-bond acceptors (Lipinski definition) is 4. The number of anilines is 1. The largest absolute Gasteiger partial charge is 0.380 e. The Bertz CT molecular complexity index is 445. The van der Waals surface area contributed by atoms with E-state index < -0.39 is 9.84 Å². The van der Waals surface area contributed by atoms with Gasteiger partial charge in [-0.1, -0.05) is 0 Å². The minimum atomic E-state index is -3.12. The molecule has 1 aromatic carbocycles. The van der Waals surface area contributed by atoms with Gasteiger partial charge in [0.1, 0.15) is 0 Å². The molecule has 0 saturated carbocycles. The zero-order chi connectivity index (χ0) is 12.9. The van der Waals surface area contributed by atoms with Crippen molar-refractivity contribution in [2.75, 3.05) is 36.2 Å². The van der Waals surface area contributed by atoms with Crippen LogP contribution < -0.4 is 4.90 Å². The maximum atomic E-state index is 11.3. The molecule has 0 fully saturated rings. The lowest BCUT2D eigenvalue weighted by atomic mass is 10.1. The molecule has 0 aromatic heterocycles. The van der Waals surface area contributed by atoms with Gasteiger partial charge in [-0.25, -0.2) is 8.42 Å². The molecule has 92 valence electrons. The maximum absolute atomic E-state index is 11.3. The lowest BCUT2D eigenvalue weighted by molar-refractivity contribution is 0.602. The van der Waals surface area contributed by atoms with Gasteiger partial charge in [0.2, 0.25) is 0 Å². The fraction of sp³-hybridized carbons (Fsp3) is 0.455. The Balaban J connectivity index is 2.85. The third-order valence-corrected chi connectivity index (χ3v) is 4.14. The third-order valence-electron chi connectivity index (χ3n) is 2.42. The quantitative estimate of drug-likeness (QED) is 0.731. The van der Waals surface area contributed by atoms with Crippen LogP contribution in [0.5, 0.6) is 0 Å². The van der Waals surface area contributed by atoms with Crippen LogP contribution in [0.25, 0.3) is 0 Å². The number of benzene rings is 1. The second kappa shape index (κ2) is 6.35. The summed E-state index contributed by atoms with van der Waals surface area (Å²) in [6.45, 7) is 0.857. The van der Waals surface area contributed by atoms with E-state index in [4.69, 9.17) is 7.85 Å². The predicted molar refractivity (Wildman–Crippen MR) is 75.9 cm³/mol. The summed E-state index contributed by atoms with van der Waals surface area (Å²) >= 11 is 1.75. The molecule has 0 spiro atoms. The highest BCUT2D eigenvalue weighted by Crippen LogP contribution is 2.17. The zero-order valence-electron chi connectivity index (χ0n) is 10.1. The fourth-order valence-corrected chi connectivity index (χ4v) is 2.46. The van der Waals surface area contributed by atoms with E-state index in [1.54, 1.807) is 36.0 Å². The van der Waals surface area contributed by atoms with E-state index in [0.29, 0.717) is 11.3 Å². The summed E-state index contributed by atoms with van der Waals surface area (Å²) in [5.74, 6) is 0.991. The highest BCUT2D eigenvalue weighted by molar-refractivity contribution is 7.98. The molecule has 0 atom stereocenters. The van der Waals surface area contributed by atoms with Crippen LogP contribution in [0.4, 0.5) is 5.69 Å². The first kappa shape index (κ1) is 14.4. The van der Waals surface area contributed by atoms with E-state index in [-0.39, 0.29) is 0 Å². The van der Waals surface area contributed by atoms with Gasteiger partial charge in [0.05, 0.1) is 12.7 Å². The third kappa shape index (κ3) is 4.28. The van der Waals surface area contributed by atoms with Crippen molar-refractivity contribution < 1.29 is 8.42 Å². The summed E-state index contributed by atoms with van der Waals surface area (Å²) in [7, 11) is 2.54. The van der Waals surface area contributed by atoms with Crippen LogP contribution in [0.2, 0.25) is 0 Å². The van der Waals surface area contributed by atoms with Gasteiger partial charge in [0.15, 0.2) is 9.84 Å². The van der Waals surface area contributed by atoms with E-state index >= 15 is 0 Å². The predicted octanol–water partition coefficient (Wildman–Crippen LogP) is 1.39. The Hall–Kier alpha value is -0.615. The minimum Gasteiger partial charge on any atom is -0.380 e.